The lowest BCUT2D eigenvalue weighted by atomic mass is 10.2. The summed E-state index contributed by atoms with van der Waals surface area (Å²) in [5, 5.41) is 3.34. The van der Waals surface area contributed by atoms with E-state index in [1.807, 2.05) is 37.3 Å². The molecule has 0 fully saturated rings. The normalized spacial score (nSPS) is 13.4. The second kappa shape index (κ2) is 7.51. The molecule has 0 aliphatic carbocycles. The SMILES string of the molecule is C[C@@H](C[S@@](C)=O)N(C)C(=O)Nc1ncc(-c2ccccc2)s1. The largest absolute Gasteiger partial charge is 0.324 e. The summed E-state index contributed by atoms with van der Waals surface area (Å²) in [4.78, 5) is 18.9. The minimum Gasteiger partial charge on any atom is -0.324 e. The molecule has 2 atom stereocenters. The number of hydrogen-bond donors (Lipinski definition) is 1. The summed E-state index contributed by atoms with van der Waals surface area (Å²) in [7, 11) is 0.758. The maximum absolute atomic E-state index is 12.2. The van der Waals surface area contributed by atoms with Gasteiger partial charge in [-0.25, -0.2) is 9.78 Å². The summed E-state index contributed by atoms with van der Waals surface area (Å²) < 4.78 is 11.2. The van der Waals surface area contributed by atoms with Crippen LogP contribution in [0, 0.1) is 0 Å². The molecular weight excluding hydrogens is 318 g/mol. The second-order valence-corrected chi connectivity index (χ2v) is 7.54. The van der Waals surface area contributed by atoms with Crippen molar-refractivity contribution in [1.29, 1.82) is 0 Å². The standard InChI is InChI=1S/C15H19N3O2S2/c1-11(10-22(3)20)18(2)15(19)17-14-16-9-13(21-14)12-7-5-4-6-8-12/h4-9,11H,10H2,1-3H3,(H,16,17,19)/t11-,22+/m0/s1. The van der Waals surface area contributed by atoms with Gasteiger partial charge in [-0.1, -0.05) is 41.7 Å². The Hall–Kier alpha value is -1.73. The van der Waals surface area contributed by atoms with E-state index in [-0.39, 0.29) is 12.1 Å². The smallest absolute Gasteiger partial charge is 0.323 e. The van der Waals surface area contributed by atoms with Crippen molar-refractivity contribution in [1.82, 2.24) is 9.88 Å². The lowest BCUT2D eigenvalue weighted by Crippen LogP contribution is -2.40. The number of hydrogen-bond acceptors (Lipinski definition) is 4. The first-order valence-electron chi connectivity index (χ1n) is 6.82. The highest BCUT2D eigenvalue weighted by Crippen LogP contribution is 2.28. The van der Waals surface area contributed by atoms with Gasteiger partial charge < -0.3 is 4.90 Å². The summed E-state index contributed by atoms with van der Waals surface area (Å²) in [5.74, 6) is 0.455. The van der Waals surface area contributed by atoms with Crippen molar-refractivity contribution in [3.8, 4) is 10.4 Å². The number of nitrogens with one attached hydrogen (secondary N) is 1. The number of rotatable bonds is 5. The second-order valence-electron chi connectivity index (χ2n) is 5.03. The Bertz CT molecular complexity index is 658. The first-order valence-corrected chi connectivity index (χ1v) is 9.37. The van der Waals surface area contributed by atoms with Crippen LogP contribution in [0.25, 0.3) is 10.4 Å². The molecule has 118 valence electrons. The molecule has 22 heavy (non-hydrogen) atoms. The molecule has 0 unspecified atom stereocenters. The van der Waals surface area contributed by atoms with Gasteiger partial charge in [-0.15, -0.1) is 0 Å². The number of carbonyl (C=O) groups is 1. The number of amides is 2. The van der Waals surface area contributed by atoms with E-state index in [0.717, 1.165) is 10.4 Å². The quantitative estimate of drug-likeness (QED) is 0.912. The molecule has 7 heteroatoms. The van der Waals surface area contributed by atoms with Gasteiger partial charge in [0.2, 0.25) is 0 Å². The van der Waals surface area contributed by atoms with Crippen LogP contribution in [-0.2, 0) is 10.8 Å². The number of thiazole rings is 1. The van der Waals surface area contributed by atoms with Gasteiger partial charge in [-0.2, -0.15) is 0 Å². The monoisotopic (exact) mass is 337 g/mol. The van der Waals surface area contributed by atoms with Gasteiger partial charge in [0.05, 0.1) is 4.88 Å². The average Bonchev–Trinajstić information content (AvgIpc) is 2.95. The van der Waals surface area contributed by atoms with Gasteiger partial charge in [0.15, 0.2) is 5.13 Å². The van der Waals surface area contributed by atoms with E-state index in [1.54, 1.807) is 24.4 Å². The molecule has 1 N–H and O–H groups in total. The zero-order valence-corrected chi connectivity index (χ0v) is 14.4. The van der Waals surface area contributed by atoms with E-state index >= 15 is 0 Å². The summed E-state index contributed by atoms with van der Waals surface area (Å²) in [6, 6.07) is 9.56. The van der Waals surface area contributed by atoms with Gasteiger partial charge in [-0.3, -0.25) is 9.53 Å². The number of nitrogens with zero attached hydrogens (tertiary/aromatic N) is 2. The number of carbonyl (C=O) groups excluding carboxylic acids is 1. The molecule has 0 saturated heterocycles. The van der Waals surface area contributed by atoms with E-state index in [0.29, 0.717) is 10.9 Å². The molecule has 2 aromatic rings. The predicted molar refractivity (Wildman–Crippen MR) is 92.7 cm³/mol. The minimum atomic E-state index is -0.935. The van der Waals surface area contributed by atoms with E-state index in [9.17, 15) is 9.00 Å². The molecule has 0 saturated carbocycles. The average molecular weight is 337 g/mol. The molecule has 0 aliphatic heterocycles. The third kappa shape index (κ3) is 4.38. The molecule has 2 rings (SSSR count). The van der Waals surface area contributed by atoms with E-state index < -0.39 is 10.8 Å². The summed E-state index contributed by atoms with van der Waals surface area (Å²) in [6.07, 6.45) is 3.38. The summed E-state index contributed by atoms with van der Waals surface area (Å²) in [5.41, 5.74) is 1.07. The van der Waals surface area contributed by atoms with Crippen LogP contribution in [0.3, 0.4) is 0 Å². The van der Waals surface area contributed by atoms with Crippen LogP contribution in [0.1, 0.15) is 6.92 Å². The van der Waals surface area contributed by atoms with Crippen LogP contribution >= 0.6 is 11.3 Å². The maximum atomic E-state index is 12.2. The number of benzene rings is 1. The predicted octanol–water partition coefficient (Wildman–Crippen LogP) is 3.04. The third-order valence-electron chi connectivity index (χ3n) is 3.24. The van der Waals surface area contributed by atoms with Crippen molar-refractivity contribution in [3.05, 3.63) is 36.5 Å². The van der Waals surface area contributed by atoms with Crippen molar-refractivity contribution < 1.29 is 9.00 Å². The number of anilines is 1. The molecule has 1 aromatic heterocycles. The summed E-state index contributed by atoms with van der Waals surface area (Å²) >= 11 is 1.43. The van der Waals surface area contributed by atoms with Crippen LogP contribution in [0.2, 0.25) is 0 Å². The highest BCUT2D eigenvalue weighted by molar-refractivity contribution is 7.84. The summed E-state index contributed by atoms with van der Waals surface area (Å²) in [6.45, 7) is 1.87. The Labute approximate surface area is 136 Å². The van der Waals surface area contributed by atoms with Gasteiger partial charge >= 0.3 is 6.03 Å². The fourth-order valence-electron chi connectivity index (χ4n) is 1.90. The van der Waals surface area contributed by atoms with Gasteiger partial charge in [0.25, 0.3) is 0 Å². The van der Waals surface area contributed by atoms with E-state index in [1.165, 1.54) is 11.3 Å². The van der Waals surface area contributed by atoms with Gasteiger partial charge in [-0.05, 0) is 12.5 Å². The molecular formula is C15H19N3O2S2. The van der Waals surface area contributed by atoms with Crippen molar-refractivity contribution in [2.75, 3.05) is 24.4 Å². The van der Waals surface area contributed by atoms with Crippen molar-refractivity contribution in [3.63, 3.8) is 0 Å². The molecule has 0 aliphatic rings. The highest BCUT2D eigenvalue weighted by Gasteiger charge is 2.18. The van der Waals surface area contributed by atoms with Crippen LogP contribution in [0.5, 0.6) is 0 Å². The van der Waals surface area contributed by atoms with Crippen LogP contribution in [-0.4, -0.2) is 45.2 Å². The zero-order valence-electron chi connectivity index (χ0n) is 12.8. The van der Waals surface area contributed by atoms with Crippen molar-refractivity contribution in [2.45, 2.75) is 13.0 Å². The fourth-order valence-corrected chi connectivity index (χ4v) is 3.61. The minimum absolute atomic E-state index is 0.0978. The van der Waals surface area contributed by atoms with E-state index in [4.69, 9.17) is 0 Å². The van der Waals surface area contributed by atoms with Crippen molar-refractivity contribution in [2.24, 2.45) is 0 Å². The molecule has 0 radical (unpaired) electrons. The van der Waals surface area contributed by atoms with Gasteiger partial charge in [0, 0.05) is 42.1 Å². The Kier molecular flexibility index (Phi) is 5.68. The molecule has 5 nitrogen and oxygen atoms in total. The van der Waals surface area contributed by atoms with Gasteiger partial charge in [0.1, 0.15) is 0 Å². The zero-order chi connectivity index (χ0) is 16.1. The molecule has 1 aromatic carbocycles. The molecule has 0 spiro atoms. The van der Waals surface area contributed by atoms with E-state index in [2.05, 4.69) is 10.3 Å². The Morgan fingerprint density at radius 2 is 2.09 bits per heavy atom. The lowest BCUT2D eigenvalue weighted by molar-refractivity contribution is 0.212. The third-order valence-corrected chi connectivity index (χ3v) is 5.15. The van der Waals surface area contributed by atoms with Crippen molar-refractivity contribution >= 4 is 33.3 Å². The lowest BCUT2D eigenvalue weighted by Gasteiger charge is -2.23. The highest BCUT2D eigenvalue weighted by atomic mass is 32.2. The number of aromatic nitrogens is 1. The molecule has 0 bridgehead atoms. The first-order chi connectivity index (χ1) is 10.5. The Balaban J connectivity index is 2.01. The maximum Gasteiger partial charge on any atom is 0.323 e. The fraction of sp³-hybridized carbons (Fsp3) is 0.333. The Morgan fingerprint density at radius 3 is 2.73 bits per heavy atom. The number of urea groups is 1. The molecule has 2 amide bonds. The van der Waals surface area contributed by atoms with Crippen LogP contribution in [0.15, 0.2) is 36.5 Å². The van der Waals surface area contributed by atoms with Crippen LogP contribution in [0.4, 0.5) is 9.93 Å². The topological polar surface area (TPSA) is 62.3 Å². The molecule has 1 heterocycles. The first kappa shape index (κ1) is 16.6. The van der Waals surface area contributed by atoms with Crippen LogP contribution < -0.4 is 5.32 Å². The Morgan fingerprint density at radius 1 is 1.41 bits per heavy atom.